The zero-order chi connectivity index (χ0) is 32.7. The van der Waals surface area contributed by atoms with Crippen LogP contribution < -0.4 is 15.0 Å². The van der Waals surface area contributed by atoms with Crippen LogP contribution in [0.15, 0.2) is 27.9 Å². The third kappa shape index (κ3) is 8.64. The van der Waals surface area contributed by atoms with Gasteiger partial charge in [-0.1, -0.05) is 20.3 Å². The molecule has 0 amide bonds. The fourth-order valence-corrected chi connectivity index (χ4v) is 6.35. The van der Waals surface area contributed by atoms with E-state index in [1.165, 1.54) is 16.8 Å². The summed E-state index contributed by atoms with van der Waals surface area (Å²) in [6, 6.07) is 4.68. The van der Waals surface area contributed by atoms with Gasteiger partial charge in [0.2, 0.25) is 10.0 Å². The topological polar surface area (TPSA) is 197 Å². The number of nitrogens with one attached hydrogen (secondary N) is 2. The van der Waals surface area contributed by atoms with Gasteiger partial charge in [-0.25, -0.2) is 13.4 Å². The second-order valence-corrected chi connectivity index (χ2v) is 12.8. The van der Waals surface area contributed by atoms with Gasteiger partial charge < -0.3 is 19.9 Å². The van der Waals surface area contributed by atoms with Crippen molar-refractivity contribution in [3.05, 3.63) is 34.2 Å². The number of carboxylic acids is 2. The lowest BCUT2D eigenvalue weighted by Gasteiger charge is -2.35. The number of likely N-dealkylation sites (tertiary alicyclic amines) is 1. The summed E-state index contributed by atoms with van der Waals surface area (Å²) in [6.45, 7) is 9.92. The van der Waals surface area contributed by atoms with Crippen LogP contribution in [0.1, 0.15) is 71.9 Å². The van der Waals surface area contributed by atoms with E-state index in [-0.39, 0.29) is 29.1 Å². The number of carboxylic acid groups (broad SMARTS) is 2. The molecular weight excluding hydrogens is 592 g/mol. The van der Waals surface area contributed by atoms with Crippen LogP contribution in [-0.4, -0.2) is 80.6 Å². The number of nitrogens with zero attached hydrogens (tertiary/aromatic N) is 4. The van der Waals surface area contributed by atoms with Crippen molar-refractivity contribution in [3.8, 4) is 17.1 Å². The Morgan fingerprint density at radius 1 is 1.09 bits per heavy atom. The highest BCUT2D eigenvalue weighted by molar-refractivity contribution is 7.89. The van der Waals surface area contributed by atoms with Crippen molar-refractivity contribution in [2.24, 2.45) is 7.05 Å². The first-order valence-corrected chi connectivity index (χ1v) is 16.1. The molecule has 1 aromatic carbocycles. The molecule has 44 heavy (non-hydrogen) atoms. The van der Waals surface area contributed by atoms with Crippen LogP contribution in [0.2, 0.25) is 0 Å². The summed E-state index contributed by atoms with van der Waals surface area (Å²) in [5.74, 6) is -1.45. The van der Waals surface area contributed by atoms with Gasteiger partial charge in [-0.2, -0.15) is 9.82 Å². The highest BCUT2D eigenvalue weighted by atomic mass is 32.2. The molecule has 0 unspecified atom stereocenters. The van der Waals surface area contributed by atoms with Crippen molar-refractivity contribution >= 4 is 33.0 Å². The van der Waals surface area contributed by atoms with E-state index >= 15 is 0 Å². The van der Waals surface area contributed by atoms with E-state index in [1.54, 1.807) is 13.1 Å². The van der Waals surface area contributed by atoms with E-state index < -0.39 is 27.6 Å². The molecule has 1 fully saturated rings. The largest absolute Gasteiger partial charge is 0.493 e. The van der Waals surface area contributed by atoms with Crippen LogP contribution in [-0.2, 0) is 33.1 Å². The van der Waals surface area contributed by atoms with Gasteiger partial charge in [-0.15, -0.1) is 0 Å². The summed E-state index contributed by atoms with van der Waals surface area (Å²) < 4.78 is 37.2. The van der Waals surface area contributed by atoms with Crippen LogP contribution >= 0.6 is 0 Å². The number of sulfonamides is 1. The number of benzene rings is 1. The first kappa shape index (κ1) is 34.7. The summed E-state index contributed by atoms with van der Waals surface area (Å²) in [4.78, 5) is 42.1. The van der Waals surface area contributed by atoms with Gasteiger partial charge in [0.25, 0.3) is 5.56 Å². The standard InChI is InChI=1S/C25H36N6O4S.C4H6O4/c1-6-10-19-21-22(30(5)28-19)24(32)27-23(26-21)18-16-17(11-12-20(18)35-15-7-2)36(33,34)29-25(3,4)31-13-8-9-14-31;5-3(6)1-2-4(7)8/h11-12,16,29H,6-10,13-15H2,1-5H3,(H,26,27,32);1-2H2,(H,5,6)(H,7,8). The lowest BCUT2D eigenvalue weighted by molar-refractivity contribution is -0.143. The smallest absolute Gasteiger partial charge is 0.303 e. The molecule has 4 rings (SSSR count). The van der Waals surface area contributed by atoms with E-state index in [0.717, 1.165) is 44.5 Å². The van der Waals surface area contributed by atoms with Crippen LogP contribution in [0.3, 0.4) is 0 Å². The molecule has 3 heterocycles. The maximum absolute atomic E-state index is 13.5. The summed E-state index contributed by atoms with van der Waals surface area (Å²) in [5.41, 5.74) is 0.975. The van der Waals surface area contributed by atoms with E-state index in [0.29, 0.717) is 35.4 Å². The maximum atomic E-state index is 13.5. The zero-order valence-electron chi connectivity index (χ0n) is 25.8. The predicted octanol–water partition coefficient (Wildman–Crippen LogP) is 3.11. The Kier molecular flexibility index (Phi) is 11.6. The molecule has 1 aliphatic rings. The molecule has 4 N–H and O–H groups in total. The maximum Gasteiger partial charge on any atom is 0.303 e. The Balaban J connectivity index is 0.000000583. The number of aryl methyl sites for hydroxylation is 2. The third-order valence-corrected chi connectivity index (χ3v) is 8.70. The number of hydrogen-bond acceptors (Lipinski definition) is 9. The second kappa shape index (κ2) is 14.8. The molecular formula is C29H42N6O8S. The quantitative estimate of drug-likeness (QED) is 0.216. The highest BCUT2D eigenvalue weighted by Gasteiger charge is 2.34. The summed E-state index contributed by atoms with van der Waals surface area (Å²) in [7, 11) is -2.15. The van der Waals surface area contributed by atoms with Crippen LogP contribution in [0, 0.1) is 0 Å². The van der Waals surface area contributed by atoms with E-state index in [4.69, 9.17) is 19.9 Å². The number of aromatic nitrogens is 4. The minimum Gasteiger partial charge on any atom is -0.493 e. The first-order valence-electron chi connectivity index (χ1n) is 14.7. The molecule has 15 heteroatoms. The van der Waals surface area contributed by atoms with E-state index in [9.17, 15) is 22.8 Å². The zero-order valence-corrected chi connectivity index (χ0v) is 26.7. The molecule has 0 bridgehead atoms. The molecule has 0 aliphatic carbocycles. The number of fused-ring (bicyclic) bond motifs is 1. The molecule has 0 radical (unpaired) electrons. The Morgan fingerprint density at radius 2 is 1.73 bits per heavy atom. The number of ether oxygens (including phenoxy) is 1. The van der Waals surface area contributed by atoms with Gasteiger partial charge in [0.1, 0.15) is 17.1 Å². The number of aromatic amines is 1. The SMILES string of the molecule is CCCOc1ccc(S(=O)(=O)NC(C)(C)N2CCCC2)cc1-c1nc2c(CCC)nn(C)c2c(=O)[nH]1.O=C(O)CCC(=O)O. The monoisotopic (exact) mass is 634 g/mol. The van der Waals surface area contributed by atoms with Gasteiger partial charge in [0, 0.05) is 7.05 Å². The number of hydrogen-bond donors (Lipinski definition) is 4. The van der Waals surface area contributed by atoms with Crippen LogP contribution in [0.5, 0.6) is 5.75 Å². The Labute approximate surface area is 256 Å². The molecule has 0 saturated carbocycles. The second-order valence-electron chi connectivity index (χ2n) is 11.1. The average Bonchev–Trinajstić information content (AvgIpc) is 3.60. The molecule has 14 nitrogen and oxygen atoms in total. The lowest BCUT2D eigenvalue weighted by atomic mass is 10.1. The van der Waals surface area contributed by atoms with Gasteiger partial charge in [0.05, 0.1) is 41.3 Å². The van der Waals surface area contributed by atoms with Crippen molar-refractivity contribution < 1.29 is 33.0 Å². The number of H-pyrrole nitrogens is 1. The van der Waals surface area contributed by atoms with Crippen molar-refractivity contribution in [3.63, 3.8) is 0 Å². The van der Waals surface area contributed by atoms with Gasteiger partial charge in [-0.05, 0) is 70.8 Å². The van der Waals surface area contributed by atoms with Crippen molar-refractivity contribution in [2.45, 2.75) is 83.2 Å². The molecule has 1 aliphatic heterocycles. The van der Waals surface area contributed by atoms with Gasteiger partial charge >= 0.3 is 11.9 Å². The van der Waals surface area contributed by atoms with Crippen molar-refractivity contribution in [1.82, 2.24) is 29.4 Å². The van der Waals surface area contributed by atoms with E-state index in [1.807, 2.05) is 27.7 Å². The summed E-state index contributed by atoms with van der Waals surface area (Å²) >= 11 is 0. The molecule has 0 spiro atoms. The van der Waals surface area contributed by atoms with Gasteiger partial charge in [-0.3, -0.25) is 24.0 Å². The Bertz CT molecular complexity index is 1630. The van der Waals surface area contributed by atoms with Gasteiger partial charge in [0.15, 0.2) is 5.52 Å². The lowest BCUT2D eigenvalue weighted by Crippen LogP contribution is -2.55. The minimum atomic E-state index is -3.87. The molecule has 0 atom stereocenters. The molecule has 3 aromatic rings. The number of carbonyl (C=O) groups is 2. The van der Waals surface area contributed by atoms with Crippen LogP contribution in [0.25, 0.3) is 22.4 Å². The van der Waals surface area contributed by atoms with Crippen molar-refractivity contribution in [1.29, 1.82) is 0 Å². The van der Waals surface area contributed by atoms with Crippen molar-refractivity contribution in [2.75, 3.05) is 19.7 Å². The first-order chi connectivity index (χ1) is 20.7. The number of rotatable bonds is 13. The number of aliphatic carboxylic acids is 2. The van der Waals surface area contributed by atoms with E-state index in [2.05, 4.69) is 19.7 Å². The molecule has 2 aromatic heterocycles. The fraction of sp³-hybridized carbons (Fsp3) is 0.552. The average molecular weight is 635 g/mol. The summed E-state index contributed by atoms with van der Waals surface area (Å²) in [6.07, 6.45) is 3.81. The molecule has 1 saturated heterocycles. The highest BCUT2D eigenvalue weighted by Crippen LogP contribution is 2.32. The van der Waals surface area contributed by atoms with Crippen LogP contribution in [0.4, 0.5) is 0 Å². The fourth-order valence-electron chi connectivity index (χ4n) is 4.92. The normalized spacial score (nSPS) is 13.9. The predicted molar refractivity (Wildman–Crippen MR) is 164 cm³/mol. The Hall–Kier alpha value is -3.82. The minimum absolute atomic E-state index is 0.0799. The Morgan fingerprint density at radius 3 is 2.30 bits per heavy atom. The summed E-state index contributed by atoms with van der Waals surface area (Å²) in [5, 5.41) is 20.3. The molecule has 242 valence electrons. The third-order valence-electron chi connectivity index (χ3n) is 7.06.